The van der Waals surface area contributed by atoms with Gasteiger partial charge >= 0.3 is 0 Å². The van der Waals surface area contributed by atoms with E-state index in [1.807, 2.05) is 31.3 Å². The summed E-state index contributed by atoms with van der Waals surface area (Å²) in [5.74, 6) is 0. The molecule has 12 heavy (non-hydrogen) atoms. The van der Waals surface area contributed by atoms with Gasteiger partial charge in [-0.25, -0.2) is 0 Å². The topological polar surface area (TPSA) is 38.0 Å². The molecule has 0 aliphatic heterocycles. The quantitative estimate of drug-likeness (QED) is 0.749. The molecule has 0 radical (unpaired) electrons. The van der Waals surface area contributed by atoms with E-state index in [2.05, 4.69) is 5.32 Å². The number of rotatable bonds is 3. The van der Waals surface area contributed by atoms with Crippen LogP contribution in [0.3, 0.4) is 0 Å². The molecule has 0 spiro atoms. The second kappa shape index (κ2) is 4.45. The van der Waals surface area contributed by atoms with E-state index in [1.165, 1.54) is 0 Å². The number of hydrogen-bond acceptors (Lipinski definition) is 2. The molecule has 0 aliphatic rings. The third-order valence-corrected chi connectivity index (χ3v) is 1.94. The van der Waals surface area contributed by atoms with Crippen LogP contribution in [0.15, 0.2) is 24.3 Å². The molecular weight excluding hydrogens is 172 g/mol. The first-order chi connectivity index (χ1) is 5.74. The fraction of sp³-hybridized carbons (Fsp3) is 0.333. The molecule has 0 fully saturated rings. The van der Waals surface area contributed by atoms with Crippen molar-refractivity contribution in [3.63, 3.8) is 0 Å². The van der Waals surface area contributed by atoms with Crippen LogP contribution in [0.25, 0.3) is 0 Å². The van der Waals surface area contributed by atoms with Gasteiger partial charge in [-0.1, -0.05) is 23.7 Å². The van der Waals surface area contributed by atoms with Gasteiger partial charge < -0.3 is 11.1 Å². The summed E-state index contributed by atoms with van der Waals surface area (Å²) in [7, 11) is 1.88. The zero-order valence-corrected chi connectivity index (χ0v) is 7.81. The van der Waals surface area contributed by atoms with Crippen LogP contribution in [-0.4, -0.2) is 13.6 Å². The van der Waals surface area contributed by atoms with Crippen molar-refractivity contribution in [2.75, 3.05) is 13.6 Å². The van der Waals surface area contributed by atoms with E-state index >= 15 is 0 Å². The number of hydrogen-bond donors (Lipinski definition) is 2. The van der Waals surface area contributed by atoms with Crippen LogP contribution >= 0.6 is 11.6 Å². The first-order valence-electron chi connectivity index (χ1n) is 3.89. The molecule has 1 atom stereocenters. The van der Waals surface area contributed by atoms with Crippen molar-refractivity contribution in [1.82, 2.24) is 5.32 Å². The highest BCUT2D eigenvalue weighted by molar-refractivity contribution is 6.30. The molecular formula is C9H13ClN2. The summed E-state index contributed by atoms with van der Waals surface area (Å²) in [5.41, 5.74) is 6.92. The molecule has 0 aliphatic carbocycles. The van der Waals surface area contributed by atoms with Crippen molar-refractivity contribution in [2.24, 2.45) is 5.73 Å². The molecule has 0 saturated heterocycles. The lowest BCUT2D eigenvalue weighted by molar-refractivity contribution is 0.653. The van der Waals surface area contributed by atoms with E-state index in [0.717, 1.165) is 17.1 Å². The zero-order valence-electron chi connectivity index (χ0n) is 7.05. The smallest absolute Gasteiger partial charge is 0.0422 e. The Bertz CT molecular complexity index is 250. The average Bonchev–Trinajstić information content (AvgIpc) is 2.05. The molecule has 66 valence electrons. The summed E-state index contributed by atoms with van der Waals surface area (Å²) < 4.78 is 0. The van der Waals surface area contributed by atoms with Crippen LogP contribution in [-0.2, 0) is 0 Å². The van der Waals surface area contributed by atoms with Crippen molar-refractivity contribution >= 4 is 11.6 Å². The standard InChI is InChI=1S/C9H13ClN2/c1-12-6-9(11)7-3-2-4-8(10)5-7/h2-5,9,12H,6,11H2,1H3. The fourth-order valence-corrected chi connectivity index (χ4v) is 1.27. The van der Waals surface area contributed by atoms with Gasteiger partial charge in [-0.3, -0.25) is 0 Å². The van der Waals surface area contributed by atoms with Gasteiger partial charge in [-0.2, -0.15) is 0 Å². The van der Waals surface area contributed by atoms with Crippen LogP contribution < -0.4 is 11.1 Å². The molecule has 0 bridgehead atoms. The minimum atomic E-state index is 0.0219. The molecule has 0 saturated carbocycles. The van der Waals surface area contributed by atoms with Gasteiger partial charge in [0.1, 0.15) is 0 Å². The maximum absolute atomic E-state index is 5.85. The lowest BCUT2D eigenvalue weighted by atomic mass is 10.1. The van der Waals surface area contributed by atoms with E-state index < -0.39 is 0 Å². The molecule has 0 amide bonds. The van der Waals surface area contributed by atoms with Crippen LogP contribution in [0, 0.1) is 0 Å². The summed E-state index contributed by atoms with van der Waals surface area (Å²) >= 11 is 5.81. The van der Waals surface area contributed by atoms with E-state index in [4.69, 9.17) is 17.3 Å². The second-order valence-corrected chi connectivity index (χ2v) is 3.16. The van der Waals surface area contributed by atoms with Gasteiger partial charge in [-0.05, 0) is 24.7 Å². The normalized spacial score (nSPS) is 12.9. The summed E-state index contributed by atoms with van der Waals surface area (Å²) in [6, 6.07) is 7.65. The summed E-state index contributed by atoms with van der Waals surface area (Å²) in [4.78, 5) is 0. The Morgan fingerprint density at radius 3 is 2.92 bits per heavy atom. The Morgan fingerprint density at radius 1 is 1.58 bits per heavy atom. The Balaban J connectivity index is 2.73. The molecule has 1 rings (SSSR count). The van der Waals surface area contributed by atoms with Crippen LogP contribution in [0.2, 0.25) is 5.02 Å². The summed E-state index contributed by atoms with van der Waals surface area (Å²) in [5, 5.41) is 3.75. The van der Waals surface area contributed by atoms with Crippen molar-refractivity contribution < 1.29 is 0 Å². The minimum absolute atomic E-state index is 0.0219. The first kappa shape index (κ1) is 9.52. The second-order valence-electron chi connectivity index (χ2n) is 2.72. The zero-order chi connectivity index (χ0) is 8.97. The Morgan fingerprint density at radius 2 is 2.33 bits per heavy atom. The number of nitrogens with two attached hydrogens (primary N) is 1. The van der Waals surface area contributed by atoms with Crippen molar-refractivity contribution in [2.45, 2.75) is 6.04 Å². The van der Waals surface area contributed by atoms with Crippen molar-refractivity contribution in [3.05, 3.63) is 34.9 Å². The molecule has 0 aromatic heterocycles. The first-order valence-corrected chi connectivity index (χ1v) is 4.27. The number of nitrogens with one attached hydrogen (secondary N) is 1. The summed E-state index contributed by atoms with van der Waals surface area (Å²) in [6.07, 6.45) is 0. The highest BCUT2D eigenvalue weighted by atomic mass is 35.5. The lowest BCUT2D eigenvalue weighted by Crippen LogP contribution is -2.23. The molecule has 2 nitrogen and oxygen atoms in total. The molecule has 3 N–H and O–H groups in total. The van der Waals surface area contributed by atoms with E-state index in [-0.39, 0.29) is 6.04 Å². The maximum atomic E-state index is 5.85. The molecule has 1 unspecified atom stereocenters. The SMILES string of the molecule is CNCC(N)c1cccc(Cl)c1. The Hall–Kier alpha value is -0.570. The molecule has 0 heterocycles. The monoisotopic (exact) mass is 184 g/mol. The lowest BCUT2D eigenvalue weighted by Gasteiger charge is -2.10. The van der Waals surface area contributed by atoms with Gasteiger partial charge in [0, 0.05) is 17.6 Å². The van der Waals surface area contributed by atoms with Crippen LogP contribution in [0.1, 0.15) is 11.6 Å². The van der Waals surface area contributed by atoms with Gasteiger partial charge in [-0.15, -0.1) is 0 Å². The predicted octanol–water partition coefficient (Wildman–Crippen LogP) is 1.56. The van der Waals surface area contributed by atoms with E-state index in [0.29, 0.717) is 0 Å². The number of halogens is 1. The highest BCUT2D eigenvalue weighted by Crippen LogP contribution is 2.15. The van der Waals surface area contributed by atoms with Gasteiger partial charge in [0.05, 0.1) is 0 Å². The van der Waals surface area contributed by atoms with Crippen molar-refractivity contribution in [1.29, 1.82) is 0 Å². The van der Waals surface area contributed by atoms with Gasteiger partial charge in [0.2, 0.25) is 0 Å². The molecule has 3 heteroatoms. The van der Waals surface area contributed by atoms with E-state index in [1.54, 1.807) is 0 Å². The Kier molecular flexibility index (Phi) is 3.53. The Labute approximate surface area is 77.7 Å². The summed E-state index contributed by atoms with van der Waals surface area (Å²) in [6.45, 7) is 0.764. The van der Waals surface area contributed by atoms with E-state index in [9.17, 15) is 0 Å². The van der Waals surface area contributed by atoms with Crippen LogP contribution in [0.4, 0.5) is 0 Å². The maximum Gasteiger partial charge on any atom is 0.0422 e. The highest BCUT2D eigenvalue weighted by Gasteiger charge is 2.03. The fourth-order valence-electron chi connectivity index (χ4n) is 1.07. The van der Waals surface area contributed by atoms with Gasteiger partial charge in [0.25, 0.3) is 0 Å². The van der Waals surface area contributed by atoms with Crippen LogP contribution in [0.5, 0.6) is 0 Å². The van der Waals surface area contributed by atoms with Gasteiger partial charge in [0.15, 0.2) is 0 Å². The average molecular weight is 185 g/mol. The molecule has 1 aromatic rings. The number of benzene rings is 1. The largest absolute Gasteiger partial charge is 0.323 e. The third kappa shape index (κ3) is 2.48. The minimum Gasteiger partial charge on any atom is -0.323 e. The predicted molar refractivity (Wildman–Crippen MR) is 52.3 cm³/mol. The molecule has 1 aromatic carbocycles. The number of likely N-dealkylation sites (N-methyl/N-ethyl adjacent to an activating group) is 1. The third-order valence-electron chi connectivity index (χ3n) is 1.70. The van der Waals surface area contributed by atoms with Crippen molar-refractivity contribution in [3.8, 4) is 0 Å².